The molecule has 0 amide bonds. The molecule has 0 heterocycles. The third kappa shape index (κ3) is 4.00. The topological polar surface area (TPSA) is 23.5 Å². The van der Waals surface area contributed by atoms with Crippen molar-refractivity contribution in [2.24, 2.45) is 5.41 Å². The van der Waals surface area contributed by atoms with Crippen molar-refractivity contribution in [3.8, 4) is 0 Å². The standard InChI is InChI=1S/C14H22FNO/c1-10(17)11-6-7-13(12(15)8-11)16(5)9-14(2,3)4/h6-8,10,17H,9H2,1-5H3/t10-/m1/s1. The molecular formula is C14H22FNO. The van der Waals surface area contributed by atoms with Gasteiger partial charge < -0.3 is 10.0 Å². The number of halogens is 1. The average molecular weight is 239 g/mol. The molecule has 0 aliphatic heterocycles. The van der Waals surface area contributed by atoms with Crippen LogP contribution < -0.4 is 4.90 Å². The average Bonchev–Trinajstić information content (AvgIpc) is 2.14. The smallest absolute Gasteiger partial charge is 0.146 e. The van der Waals surface area contributed by atoms with E-state index in [0.29, 0.717) is 11.3 Å². The van der Waals surface area contributed by atoms with Gasteiger partial charge in [0.05, 0.1) is 11.8 Å². The highest BCUT2D eigenvalue weighted by Gasteiger charge is 2.16. The van der Waals surface area contributed by atoms with Crippen LogP contribution in [0.1, 0.15) is 39.4 Å². The molecule has 0 aliphatic carbocycles. The van der Waals surface area contributed by atoms with Crippen LogP contribution in [0.4, 0.5) is 10.1 Å². The first kappa shape index (κ1) is 14.0. The number of anilines is 1. The lowest BCUT2D eigenvalue weighted by Crippen LogP contribution is -2.29. The highest BCUT2D eigenvalue weighted by molar-refractivity contribution is 5.49. The van der Waals surface area contributed by atoms with E-state index in [9.17, 15) is 9.50 Å². The Morgan fingerprint density at radius 2 is 1.94 bits per heavy atom. The zero-order valence-corrected chi connectivity index (χ0v) is 11.3. The highest BCUT2D eigenvalue weighted by atomic mass is 19.1. The fourth-order valence-corrected chi connectivity index (χ4v) is 1.89. The fourth-order valence-electron chi connectivity index (χ4n) is 1.89. The van der Waals surface area contributed by atoms with Gasteiger partial charge in [-0.3, -0.25) is 0 Å². The lowest BCUT2D eigenvalue weighted by Gasteiger charge is -2.28. The molecule has 0 radical (unpaired) electrons. The number of aliphatic hydroxyl groups excluding tert-OH is 1. The quantitative estimate of drug-likeness (QED) is 0.874. The van der Waals surface area contributed by atoms with Crippen LogP contribution >= 0.6 is 0 Å². The molecule has 1 N–H and O–H groups in total. The van der Waals surface area contributed by atoms with Gasteiger partial charge in [-0.15, -0.1) is 0 Å². The van der Waals surface area contributed by atoms with Crippen LogP contribution in [-0.4, -0.2) is 18.7 Å². The van der Waals surface area contributed by atoms with Crippen LogP contribution in [0.3, 0.4) is 0 Å². The first-order valence-corrected chi connectivity index (χ1v) is 5.89. The van der Waals surface area contributed by atoms with Gasteiger partial charge in [-0.2, -0.15) is 0 Å². The Labute approximate surface area is 103 Å². The number of nitrogens with zero attached hydrogens (tertiary/aromatic N) is 1. The molecule has 0 saturated heterocycles. The van der Waals surface area contributed by atoms with Crippen LogP contribution in [0.5, 0.6) is 0 Å². The second-order valence-electron chi connectivity index (χ2n) is 5.80. The molecule has 0 unspecified atom stereocenters. The van der Waals surface area contributed by atoms with E-state index in [2.05, 4.69) is 20.8 Å². The second kappa shape index (κ2) is 5.05. The van der Waals surface area contributed by atoms with Crippen molar-refractivity contribution in [3.63, 3.8) is 0 Å². The predicted octanol–water partition coefficient (Wildman–Crippen LogP) is 3.36. The Bertz CT molecular complexity index is 382. The van der Waals surface area contributed by atoms with Crippen molar-refractivity contribution in [2.75, 3.05) is 18.5 Å². The Balaban J connectivity index is 2.92. The van der Waals surface area contributed by atoms with Crippen LogP contribution in [0.15, 0.2) is 18.2 Å². The Kier molecular flexibility index (Phi) is 4.15. The number of aliphatic hydroxyl groups is 1. The molecule has 0 bridgehead atoms. The summed E-state index contributed by atoms with van der Waals surface area (Å²) < 4.78 is 13.9. The Morgan fingerprint density at radius 3 is 2.35 bits per heavy atom. The third-order valence-electron chi connectivity index (χ3n) is 2.58. The Hall–Kier alpha value is -1.09. The summed E-state index contributed by atoms with van der Waals surface area (Å²) in [5, 5.41) is 9.38. The molecule has 96 valence electrons. The first-order chi connectivity index (χ1) is 7.70. The van der Waals surface area contributed by atoms with Crippen molar-refractivity contribution in [1.29, 1.82) is 0 Å². The van der Waals surface area contributed by atoms with Gasteiger partial charge in [0.25, 0.3) is 0 Å². The lowest BCUT2D eigenvalue weighted by molar-refractivity contribution is 0.199. The molecule has 2 nitrogen and oxygen atoms in total. The van der Waals surface area contributed by atoms with Gasteiger partial charge in [-0.1, -0.05) is 26.8 Å². The summed E-state index contributed by atoms with van der Waals surface area (Å²) in [4.78, 5) is 1.90. The lowest BCUT2D eigenvalue weighted by atomic mass is 9.96. The van der Waals surface area contributed by atoms with Gasteiger partial charge >= 0.3 is 0 Å². The zero-order chi connectivity index (χ0) is 13.2. The monoisotopic (exact) mass is 239 g/mol. The maximum atomic E-state index is 13.9. The predicted molar refractivity (Wildman–Crippen MR) is 69.8 cm³/mol. The van der Waals surface area contributed by atoms with E-state index in [1.807, 2.05) is 11.9 Å². The fraction of sp³-hybridized carbons (Fsp3) is 0.571. The summed E-state index contributed by atoms with van der Waals surface area (Å²) in [7, 11) is 1.88. The number of benzene rings is 1. The van der Waals surface area contributed by atoms with Crippen molar-refractivity contribution < 1.29 is 9.50 Å². The summed E-state index contributed by atoms with van der Waals surface area (Å²) in [5.41, 5.74) is 1.30. The van der Waals surface area contributed by atoms with E-state index in [0.717, 1.165) is 6.54 Å². The first-order valence-electron chi connectivity index (χ1n) is 5.89. The summed E-state index contributed by atoms with van der Waals surface area (Å²) in [6.07, 6.45) is -0.633. The maximum absolute atomic E-state index is 13.9. The summed E-state index contributed by atoms with van der Waals surface area (Å²) in [5.74, 6) is -0.282. The summed E-state index contributed by atoms with van der Waals surface area (Å²) in [6.45, 7) is 8.76. The van der Waals surface area contributed by atoms with Crippen molar-refractivity contribution in [1.82, 2.24) is 0 Å². The molecule has 0 saturated carbocycles. The molecular weight excluding hydrogens is 217 g/mol. The largest absolute Gasteiger partial charge is 0.389 e. The molecule has 1 aromatic rings. The minimum absolute atomic E-state index is 0.115. The van der Waals surface area contributed by atoms with Crippen LogP contribution in [0.25, 0.3) is 0 Å². The van der Waals surface area contributed by atoms with Gasteiger partial charge in [0, 0.05) is 13.6 Å². The molecule has 1 atom stereocenters. The van der Waals surface area contributed by atoms with E-state index < -0.39 is 6.10 Å². The van der Waals surface area contributed by atoms with Crippen molar-refractivity contribution in [2.45, 2.75) is 33.8 Å². The minimum Gasteiger partial charge on any atom is -0.389 e. The van der Waals surface area contributed by atoms with E-state index >= 15 is 0 Å². The van der Waals surface area contributed by atoms with E-state index in [1.54, 1.807) is 19.1 Å². The molecule has 0 spiro atoms. The van der Waals surface area contributed by atoms with Crippen LogP contribution in [0.2, 0.25) is 0 Å². The van der Waals surface area contributed by atoms with Gasteiger partial charge in [-0.05, 0) is 30.0 Å². The van der Waals surface area contributed by atoms with Crippen molar-refractivity contribution >= 4 is 5.69 Å². The van der Waals surface area contributed by atoms with Crippen molar-refractivity contribution in [3.05, 3.63) is 29.6 Å². The van der Waals surface area contributed by atoms with E-state index in [1.165, 1.54) is 6.07 Å². The molecule has 0 fully saturated rings. The van der Waals surface area contributed by atoms with Gasteiger partial charge in [0.2, 0.25) is 0 Å². The third-order valence-corrected chi connectivity index (χ3v) is 2.58. The molecule has 1 aromatic carbocycles. The highest BCUT2D eigenvalue weighted by Crippen LogP contribution is 2.25. The van der Waals surface area contributed by atoms with Gasteiger partial charge in [0.15, 0.2) is 0 Å². The molecule has 1 rings (SSSR count). The maximum Gasteiger partial charge on any atom is 0.146 e. The summed E-state index contributed by atoms with van der Waals surface area (Å²) in [6, 6.07) is 4.89. The van der Waals surface area contributed by atoms with Gasteiger partial charge in [0.1, 0.15) is 5.82 Å². The minimum atomic E-state index is -0.633. The summed E-state index contributed by atoms with van der Waals surface area (Å²) >= 11 is 0. The van der Waals surface area contributed by atoms with Gasteiger partial charge in [-0.25, -0.2) is 4.39 Å². The number of hydrogen-bond acceptors (Lipinski definition) is 2. The molecule has 0 aromatic heterocycles. The molecule has 0 aliphatic rings. The van der Waals surface area contributed by atoms with E-state index in [-0.39, 0.29) is 11.2 Å². The van der Waals surface area contributed by atoms with Crippen LogP contribution in [0, 0.1) is 11.2 Å². The van der Waals surface area contributed by atoms with Crippen LogP contribution in [-0.2, 0) is 0 Å². The normalized spacial score (nSPS) is 13.6. The molecule has 3 heteroatoms. The second-order valence-corrected chi connectivity index (χ2v) is 5.80. The zero-order valence-electron chi connectivity index (χ0n) is 11.3. The number of hydrogen-bond donors (Lipinski definition) is 1. The Morgan fingerprint density at radius 1 is 1.35 bits per heavy atom. The van der Waals surface area contributed by atoms with E-state index in [4.69, 9.17) is 0 Å². The molecule has 17 heavy (non-hydrogen) atoms. The number of rotatable bonds is 3. The SMILES string of the molecule is C[C@@H](O)c1ccc(N(C)CC(C)(C)C)c(F)c1.